The van der Waals surface area contributed by atoms with Crippen molar-refractivity contribution in [3.63, 3.8) is 0 Å². The van der Waals surface area contributed by atoms with Gasteiger partial charge in [-0.15, -0.1) is 0 Å². The predicted octanol–water partition coefficient (Wildman–Crippen LogP) is 2.18. The van der Waals surface area contributed by atoms with E-state index in [9.17, 15) is 0 Å². The molecule has 2 unspecified atom stereocenters. The van der Waals surface area contributed by atoms with Crippen LogP contribution in [0.4, 0.5) is 0 Å². The van der Waals surface area contributed by atoms with E-state index in [-0.39, 0.29) is 0 Å². The highest BCUT2D eigenvalue weighted by atomic mass is 32.1. The summed E-state index contributed by atoms with van der Waals surface area (Å²) in [6, 6.07) is 8.52. The quantitative estimate of drug-likeness (QED) is 0.837. The van der Waals surface area contributed by atoms with Crippen molar-refractivity contribution >= 4 is 17.2 Å². The molecule has 1 aliphatic carbocycles. The molecule has 3 rings (SSSR count). The first-order valence-electron chi connectivity index (χ1n) is 6.99. The number of hydrogen-bond acceptors (Lipinski definition) is 3. The minimum Gasteiger partial charge on any atom is -0.492 e. The van der Waals surface area contributed by atoms with Crippen LogP contribution in [0.1, 0.15) is 24.8 Å². The standard InChI is InChI=1S/C15H20N2OS/c16-15(19)12-2-5-14(6-3-12)18-8-7-17-10-11-1-4-13(17)9-11/h2-3,5-6,11,13H,1,4,7-10H2,(H2,16,19). The summed E-state index contributed by atoms with van der Waals surface area (Å²) in [7, 11) is 0. The van der Waals surface area contributed by atoms with Gasteiger partial charge < -0.3 is 10.5 Å². The van der Waals surface area contributed by atoms with Crippen molar-refractivity contribution in [2.75, 3.05) is 19.7 Å². The van der Waals surface area contributed by atoms with E-state index < -0.39 is 0 Å². The third-order valence-corrected chi connectivity index (χ3v) is 4.54. The van der Waals surface area contributed by atoms with Crippen LogP contribution in [-0.4, -0.2) is 35.6 Å². The van der Waals surface area contributed by atoms with Gasteiger partial charge in [-0.25, -0.2) is 0 Å². The molecule has 3 nitrogen and oxygen atoms in total. The number of rotatable bonds is 5. The van der Waals surface area contributed by atoms with Crippen molar-refractivity contribution in [1.29, 1.82) is 0 Å². The van der Waals surface area contributed by atoms with Crippen LogP contribution in [0.2, 0.25) is 0 Å². The molecule has 4 heteroatoms. The molecule has 1 aromatic carbocycles. The molecule has 1 aliphatic heterocycles. The third-order valence-electron chi connectivity index (χ3n) is 4.31. The number of piperidine rings is 1. The highest BCUT2D eigenvalue weighted by Gasteiger charge is 2.37. The molecule has 2 fully saturated rings. The lowest BCUT2D eigenvalue weighted by Gasteiger charge is -2.26. The molecule has 2 bridgehead atoms. The highest BCUT2D eigenvalue weighted by molar-refractivity contribution is 7.80. The van der Waals surface area contributed by atoms with Gasteiger partial charge in [-0.05, 0) is 49.4 Å². The average molecular weight is 276 g/mol. The summed E-state index contributed by atoms with van der Waals surface area (Å²) in [5.41, 5.74) is 6.45. The lowest BCUT2D eigenvalue weighted by atomic mass is 10.1. The van der Waals surface area contributed by atoms with E-state index in [0.717, 1.165) is 36.4 Å². The van der Waals surface area contributed by atoms with Gasteiger partial charge in [0.2, 0.25) is 0 Å². The van der Waals surface area contributed by atoms with Gasteiger partial charge in [-0.1, -0.05) is 12.2 Å². The van der Waals surface area contributed by atoms with E-state index >= 15 is 0 Å². The van der Waals surface area contributed by atoms with Crippen LogP contribution >= 0.6 is 12.2 Å². The van der Waals surface area contributed by atoms with E-state index in [1.807, 2.05) is 24.3 Å². The van der Waals surface area contributed by atoms with Gasteiger partial charge in [0.1, 0.15) is 17.3 Å². The number of ether oxygens (including phenoxy) is 1. The number of fused-ring (bicyclic) bond motifs is 2. The molecule has 102 valence electrons. The lowest BCUT2D eigenvalue weighted by Crippen LogP contribution is -2.35. The summed E-state index contributed by atoms with van der Waals surface area (Å²) in [5, 5.41) is 0. The van der Waals surface area contributed by atoms with Gasteiger partial charge in [0.25, 0.3) is 0 Å². The summed E-state index contributed by atoms with van der Waals surface area (Å²) < 4.78 is 5.78. The number of benzene rings is 1. The second-order valence-corrected chi connectivity index (χ2v) is 6.00. The first-order valence-corrected chi connectivity index (χ1v) is 7.40. The molecule has 2 N–H and O–H groups in total. The molecule has 0 aromatic heterocycles. The smallest absolute Gasteiger partial charge is 0.119 e. The number of hydrogen-bond donors (Lipinski definition) is 1. The van der Waals surface area contributed by atoms with E-state index in [1.54, 1.807) is 0 Å². The molecular formula is C15H20N2OS. The zero-order chi connectivity index (χ0) is 13.2. The molecule has 19 heavy (non-hydrogen) atoms. The van der Waals surface area contributed by atoms with Crippen molar-refractivity contribution in [3.05, 3.63) is 29.8 Å². The Morgan fingerprint density at radius 2 is 2.11 bits per heavy atom. The van der Waals surface area contributed by atoms with Crippen LogP contribution in [0.15, 0.2) is 24.3 Å². The van der Waals surface area contributed by atoms with Gasteiger partial charge in [-0.3, -0.25) is 4.90 Å². The summed E-state index contributed by atoms with van der Waals surface area (Å²) in [5.74, 6) is 1.85. The Labute approximate surface area is 119 Å². The van der Waals surface area contributed by atoms with Crippen molar-refractivity contribution in [3.8, 4) is 5.75 Å². The van der Waals surface area contributed by atoms with Crippen molar-refractivity contribution in [2.45, 2.75) is 25.3 Å². The Hall–Kier alpha value is -1.13. The van der Waals surface area contributed by atoms with Gasteiger partial charge in [0, 0.05) is 24.7 Å². The largest absolute Gasteiger partial charge is 0.492 e. The molecule has 2 atom stereocenters. The maximum atomic E-state index is 5.78. The maximum Gasteiger partial charge on any atom is 0.119 e. The van der Waals surface area contributed by atoms with E-state index in [4.69, 9.17) is 22.7 Å². The Bertz CT molecular complexity index is 460. The molecule has 2 aliphatic rings. The van der Waals surface area contributed by atoms with E-state index in [2.05, 4.69) is 4.90 Å². The first-order chi connectivity index (χ1) is 9.22. The molecule has 1 saturated carbocycles. The fraction of sp³-hybridized carbons (Fsp3) is 0.533. The molecule has 1 saturated heterocycles. The van der Waals surface area contributed by atoms with Crippen LogP contribution in [0.3, 0.4) is 0 Å². The maximum absolute atomic E-state index is 5.78. The first kappa shape index (κ1) is 12.9. The summed E-state index contributed by atoms with van der Waals surface area (Å²) in [6.45, 7) is 3.07. The van der Waals surface area contributed by atoms with Crippen molar-refractivity contribution in [1.82, 2.24) is 4.90 Å². The number of thiocarbonyl (C=S) groups is 1. The zero-order valence-electron chi connectivity index (χ0n) is 11.0. The Morgan fingerprint density at radius 1 is 1.32 bits per heavy atom. The highest BCUT2D eigenvalue weighted by Crippen LogP contribution is 2.36. The Morgan fingerprint density at radius 3 is 2.68 bits per heavy atom. The molecule has 0 amide bonds. The lowest BCUT2D eigenvalue weighted by molar-refractivity contribution is 0.172. The van der Waals surface area contributed by atoms with Gasteiger partial charge >= 0.3 is 0 Å². The van der Waals surface area contributed by atoms with Crippen LogP contribution in [0.25, 0.3) is 0 Å². The number of nitrogens with two attached hydrogens (primary N) is 1. The predicted molar refractivity (Wildman–Crippen MR) is 80.5 cm³/mol. The monoisotopic (exact) mass is 276 g/mol. The molecule has 1 aromatic rings. The van der Waals surface area contributed by atoms with Gasteiger partial charge in [-0.2, -0.15) is 0 Å². The molecule has 1 heterocycles. The fourth-order valence-corrected chi connectivity index (χ4v) is 3.43. The van der Waals surface area contributed by atoms with Crippen LogP contribution in [-0.2, 0) is 0 Å². The molecule has 0 spiro atoms. The average Bonchev–Trinajstić information content (AvgIpc) is 3.02. The third kappa shape index (κ3) is 2.90. The van der Waals surface area contributed by atoms with Crippen LogP contribution in [0.5, 0.6) is 5.75 Å². The second kappa shape index (κ2) is 5.47. The van der Waals surface area contributed by atoms with E-state index in [0.29, 0.717) is 4.99 Å². The normalized spacial score (nSPS) is 25.7. The van der Waals surface area contributed by atoms with Crippen LogP contribution < -0.4 is 10.5 Å². The fourth-order valence-electron chi connectivity index (χ4n) is 3.30. The van der Waals surface area contributed by atoms with Gasteiger partial charge in [0.05, 0.1) is 0 Å². The van der Waals surface area contributed by atoms with Crippen LogP contribution in [0, 0.1) is 5.92 Å². The van der Waals surface area contributed by atoms with Crippen molar-refractivity contribution in [2.24, 2.45) is 11.7 Å². The Kier molecular flexibility index (Phi) is 3.71. The summed E-state index contributed by atoms with van der Waals surface area (Å²) in [4.78, 5) is 3.01. The summed E-state index contributed by atoms with van der Waals surface area (Å²) >= 11 is 4.93. The van der Waals surface area contributed by atoms with Gasteiger partial charge in [0.15, 0.2) is 0 Å². The topological polar surface area (TPSA) is 38.5 Å². The minimum atomic E-state index is 0.430. The van der Waals surface area contributed by atoms with Crippen molar-refractivity contribution < 1.29 is 4.74 Å². The van der Waals surface area contributed by atoms with E-state index in [1.165, 1.54) is 25.8 Å². The number of nitrogens with zero attached hydrogens (tertiary/aromatic N) is 1. The molecule has 0 radical (unpaired) electrons. The second-order valence-electron chi connectivity index (χ2n) is 5.56. The minimum absolute atomic E-state index is 0.430. The Balaban J connectivity index is 1.46. The molecular weight excluding hydrogens is 256 g/mol. The summed E-state index contributed by atoms with van der Waals surface area (Å²) in [6.07, 6.45) is 4.22. The SMILES string of the molecule is NC(=S)c1ccc(OCCN2CC3CCC2C3)cc1. The number of likely N-dealkylation sites (tertiary alicyclic amines) is 1. The zero-order valence-corrected chi connectivity index (χ0v) is 11.9.